The molecule has 0 fully saturated rings. The number of fused-ring (bicyclic) bond motifs is 1. The minimum atomic E-state index is -0.264. The van der Waals surface area contributed by atoms with Gasteiger partial charge in [-0.15, -0.1) is 0 Å². The number of hydrogen-bond donors (Lipinski definition) is 1. The Morgan fingerprint density at radius 1 is 1.53 bits per heavy atom. The van der Waals surface area contributed by atoms with Crippen LogP contribution >= 0.6 is 15.9 Å². The fraction of sp³-hybridized carbons (Fsp3) is 0.182. The highest BCUT2D eigenvalue weighted by atomic mass is 79.9. The standard InChI is InChI=1S/C11H10BrNO2/c1-7(14)15-6-8-5-13-11-3-2-9(12)4-10(8)11/h2-5,13H,6H2,1H3. The predicted molar refractivity (Wildman–Crippen MR) is 61.5 cm³/mol. The zero-order chi connectivity index (χ0) is 10.8. The van der Waals surface area contributed by atoms with Crippen molar-refractivity contribution in [3.63, 3.8) is 0 Å². The van der Waals surface area contributed by atoms with Crippen LogP contribution in [0.3, 0.4) is 0 Å². The summed E-state index contributed by atoms with van der Waals surface area (Å²) in [5, 5.41) is 1.07. The third-order valence-corrected chi connectivity index (χ3v) is 2.65. The number of rotatable bonds is 2. The van der Waals surface area contributed by atoms with Gasteiger partial charge in [-0.25, -0.2) is 0 Å². The van der Waals surface area contributed by atoms with E-state index in [1.807, 2.05) is 24.4 Å². The van der Waals surface area contributed by atoms with Crippen LogP contribution in [0, 0.1) is 0 Å². The number of esters is 1. The molecule has 15 heavy (non-hydrogen) atoms. The molecule has 0 aliphatic carbocycles. The third-order valence-electron chi connectivity index (χ3n) is 2.16. The van der Waals surface area contributed by atoms with E-state index in [1.54, 1.807) is 0 Å². The number of benzene rings is 1. The summed E-state index contributed by atoms with van der Waals surface area (Å²) in [6.45, 7) is 1.72. The normalized spacial score (nSPS) is 10.5. The van der Waals surface area contributed by atoms with Gasteiger partial charge in [0.05, 0.1) is 0 Å². The number of ether oxygens (including phenoxy) is 1. The quantitative estimate of drug-likeness (QED) is 0.851. The van der Waals surface area contributed by atoms with E-state index in [-0.39, 0.29) is 5.97 Å². The first-order valence-corrected chi connectivity index (χ1v) is 5.35. The summed E-state index contributed by atoms with van der Waals surface area (Å²) in [5.74, 6) is -0.264. The molecule has 0 aliphatic heterocycles. The fourth-order valence-electron chi connectivity index (χ4n) is 1.45. The first-order chi connectivity index (χ1) is 7.16. The summed E-state index contributed by atoms with van der Waals surface area (Å²) in [4.78, 5) is 13.8. The lowest BCUT2D eigenvalue weighted by Gasteiger charge is -2.00. The number of aromatic nitrogens is 1. The Balaban J connectivity index is 2.35. The minimum Gasteiger partial charge on any atom is -0.461 e. The van der Waals surface area contributed by atoms with Gasteiger partial charge < -0.3 is 9.72 Å². The van der Waals surface area contributed by atoms with Crippen LogP contribution in [0.15, 0.2) is 28.9 Å². The molecular formula is C11H10BrNO2. The van der Waals surface area contributed by atoms with E-state index in [0.29, 0.717) is 6.61 Å². The maximum absolute atomic E-state index is 10.7. The van der Waals surface area contributed by atoms with Crippen molar-refractivity contribution in [1.82, 2.24) is 4.98 Å². The van der Waals surface area contributed by atoms with Crippen molar-refractivity contribution in [2.24, 2.45) is 0 Å². The Kier molecular flexibility index (Phi) is 2.77. The van der Waals surface area contributed by atoms with Gasteiger partial charge in [0.2, 0.25) is 0 Å². The van der Waals surface area contributed by atoms with Crippen LogP contribution < -0.4 is 0 Å². The van der Waals surface area contributed by atoms with Gasteiger partial charge in [-0.2, -0.15) is 0 Å². The molecule has 1 N–H and O–H groups in total. The number of hydrogen-bond acceptors (Lipinski definition) is 2. The highest BCUT2D eigenvalue weighted by Gasteiger charge is 2.05. The van der Waals surface area contributed by atoms with E-state index in [1.165, 1.54) is 6.92 Å². The predicted octanol–water partition coefficient (Wildman–Crippen LogP) is 2.99. The molecule has 2 rings (SSSR count). The molecule has 0 bridgehead atoms. The molecule has 1 heterocycles. The van der Waals surface area contributed by atoms with Crippen molar-refractivity contribution in [2.75, 3.05) is 0 Å². The van der Waals surface area contributed by atoms with Crippen LogP contribution in [0.2, 0.25) is 0 Å². The van der Waals surface area contributed by atoms with Crippen molar-refractivity contribution in [2.45, 2.75) is 13.5 Å². The Hall–Kier alpha value is -1.29. The van der Waals surface area contributed by atoms with Crippen LogP contribution in [0.5, 0.6) is 0 Å². The molecule has 78 valence electrons. The number of nitrogens with one attached hydrogen (secondary N) is 1. The fourth-order valence-corrected chi connectivity index (χ4v) is 1.81. The average Bonchev–Trinajstić information content (AvgIpc) is 2.57. The summed E-state index contributed by atoms with van der Waals surface area (Å²) in [7, 11) is 0. The second-order valence-electron chi connectivity index (χ2n) is 3.28. The van der Waals surface area contributed by atoms with E-state index < -0.39 is 0 Å². The minimum absolute atomic E-state index is 0.264. The number of halogens is 1. The largest absolute Gasteiger partial charge is 0.461 e. The molecule has 3 nitrogen and oxygen atoms in total. The summed E-state index contributed by atoms with van der Waals surface area (Å²) >= 11 is 3.41. The van der Waals surface area contributed by atoms with Gasteiger partial charge >= 0.3 is 5.97 Å². The number of aromatic amines is 1. The molecule has 1 aromatic carbocycles. The number of carbonyl (C=O) groups is 1. The first kappa shape index (κ1) is 10.2. The Morgan fingerprint density at radius 2 is 2.33 bits per heavy atom. The molecule has 0 unspecified atom stereocenters. The highest BCUT2D eigenvalue weighted by Crippen LogP contribution is 2.23. The van der Waals surface area contributed by atoms with Gasteiger partial charge in [0.1, 0.15) is 6.61 Å². The number of carbonyl (C=O) groups excluding carboxylic acids is 1. The van der Waals surface area contributed by atoms with Crippen molar-refractivity contribution in [1.29, 1.82) is 0 Å². The smallest absolute Gasteiger partial charge is 0.302 e. The van der Waals surface area contributed by atoms with Gasteiger partial charge in [-0.05, 0) is 18.2 Å². The second kappa shape index (κ2) is 4.06. The summed E-state index contributed by atoms with van der Waals surface area (Å²) < 4.78 is 5.97. The number of H-pyrrole nitrogens is 1. The average molecular weight is 268 g/mol. The molecular weight excluding hydrogens is 258 g/mol. The second-order valence-corrected chi connectivity index (χ2v) is 4.20. The summed E-state index contributed by atoms with van der Waals surface area (Å²) in [6.07, 6.45) is 1.86. The van der Waals surface area contributed by atoms with Gasteiger partial charge in [0.15, 0.2) is 0 Å². The zero-order valence-corrected chi connectivity index (χ0v) is 9.80. The molecule has 1 aromatic heterocycles. The van der Waals surface area contributed by atoms with Crippen molar-refractivity contribution in [3.8, 4) is 0 Å². The molecule has 2 aromatic rings. The molecule has 0 saturated heterocycles. The van der Waals surface area contributed by atoms with E-state index in [2.05, 4.69) is 20.9 Å². The lowest BCUT2D eigenvalue weighted by atomic mass is 10.2. The maximum atomic E-state index is 10.7. The van der Waals surface area contributed by atoms with E-state index in [4.69, 9.17) is 4.74 Å². The maximum Gasteiger partial charge on any atom is 0.302 e. The van der Waals surface area contributed by atoms with Crippen LogP contribution in [0.1, 0.15) is 12.5 Å². The van der Waals surface area contributed by atoms with Crippen molar-refractivity contribution in [3.05, 3.63) is 34.4 Å². The molecule has 0 spiro atoms. The molecule has 0 amide bonds. The Bertz CT molecular complexity index is 504. The van der Waals surface area contributed by atoms with Crippen LogP contribution in [-0.2, 0) is 16.1 Å². The van der Waals surface area contributed by atoms with Crippen molar-refractivity contribution < 1.29 is 9.53 Å². The third kappa shape index (κ3) is 2.21. The van der Waals surface area contributed by atoms with Gasteiger partial charge in [0, 0.05) is 34.1 Å². The molecule has 0 atom stereocenters. The monoisotopic (exact) mass is 267 g/mol. The lowest BCUT2D eigenvalue weighted by molar-refractivity contribution is -0.142. The Morgan fingerprint density at radius 3 is 3.07 bits per heavy atom. The topological polar surface area (TPSA) is 42.1 Å². The van der Waals surface area contributed by atoms with Crippen molar-refractivity contribution >= 4 is 32.8 Å². The van der Waals surface area contributed by atoms with E-state index >= 15 is 0 Å². The van der Waals surface area contributed by atoms with Gasteiger partial charge in [-0.3, -0.25) is 4.79 Å². The van der Waals surface area contributed by atoms with Crippen LogP contribution in [-0.4, -0.2) is 11.0 Å². The molecule has 0 saturated carbocycles. The molecule has 0 aliphatic rings. The highest BCUT2D eigenvalue weighted by molar-refractivity contribution is 9.10. The Labute approximate surface area is 95.6 Å². The SMILES string of the molecule is CC(=O)OCc1c[nH]c2ccc(Br)cc12. The van der Waals surface area contributed by atoms with E-state index in [0.717, 1.165) is 20.9 Å². The van der Waals surface area contributed by atoms with E-state index in [9.17, 15) is 4.79 Å². The first-order valence-electron chi connectivity index (χ1n) is 4.55. The molecule has 4 heteroatoms. The summed E-state index contributed by atoms with van der Waals surface area (Å²) in [6, 6.07) is 5.95. The lowest BCUT2D eigenvalue weighted by Crippen LogP contribution is -1.97. The molecule has 0 radical (unpaired) electrons. The van der Waals surface area contributed by atoms with Crippen LogP contribution in [0.25, 0.3) is 10.9 Å². The summed E-state index contributed by atoms with van der Waals surface area (Å²) in [5.41, 5.74) is 2.03. The zero-order valence-electron chi connectivity index (χ0n) is 8.21. The van der Waals surface area contributed by atoms with Gasteiger partial charge in [0.25, 0.3) is 0 Å². The van der Waals surface area contributed by atoms with Gasteiger partial charge in [-0.1, -0.05) is 15.9 Å². The van der Waals surface area contributed by atoms with Crippen LogP contribution in [0.4, 0.5) is 0 Å².